The van der Waals surface area contributed by atoms with Gasteiger partial charge in [-0.15, -0.1) is 11.6 Å². The van der Waals surface area contributed by atoms with Crippen molar-refractivity contribution >= 4 is 23.3 Å². The Hall–Kier alpha value is -2.77. The van der Waals surface area contributed by atoms with E-state index in [1.54, 1.807) is 12.1 Å². The van der Waals surface area contributed by atoms with E-state index >= 15 is 0 Å². The third kappa shape index (κ3) is 7.23. The maximum atomic E-state index is 13.2. The van der Waals surface area contributed by atoms with Crippen molar-refractivity contribution in [2.45, 2.75) is 88.0 Å². The van der Waals surface area contributed by atoms with E-state index in [2.05, 4.69) is 55.3 Å². The van der Waals surface area contributed by atoms with Crippen molar-refractivity contribution in [1.82, 2.24) is 10.2 Å². The van der Waals surface area contributed by atoms with E-state index < -0.39 is 34.8 Å². The molecule has 1 aliphatic heterocycles. The molecule has 1 saturated carbocycles. The number of Topliss-reactive ketones (excluding diaryl/α,β-unsaturated/α-hetero) is 1. The first-order valence-corrected chi connectivity index (χ1v) is 15.6. The molecule has 7 heteroatoms. The molecule has 1 amide bonds. The van der Waals surface area contributed by atoms with Gasteiger partial charge in [0, 0.05) is 12.1 Å². The van der Waals surface area contributed by atoms with Gasteiger partial charge >= 0.3 is 0 Å². The van der Waals surface area contributed by atoms with Gasteiger partial charge in [0.25, 0.3) is 5.91 Å². The predicted octanol–water partition coefficient (Wildman–Crippen LogP) is 5.82. The van der Waals surface area contributed by atoms with Gasteiger partial charge < -0.3 is 20.1 Å². The van der Waals surface area contributed by atoms with Gasteiger partial charge in [0.15, 0.2) is 0 Å². The number of aliphatic hydroxyl groups is 1. The lowest BCUT2D eigenvalue weighted by Gasteiger charge is -2.35. The van der Waals surface area contributed by atoms with E-state index in [1.807, 2.05) is 37.3 Å². The van der Waals surface area contributed by atoms with Gasteiger partial charge in [0.2, 0.25) is 5.78 Å². The van der Waals surface area contributed by atoms with Gasteiger partial charge in [-0.05, 0) is 73.4 Å². The molecule has 6 nitrogen and oxygen atoms in total. The van der Waals surface area contributed by atoms with Crippen molar-refractivity contribution in [2.75, 3.05) is 19.6 Å². The van der Waals surface area contributed by atoms with Crippen molar-refractivity contribution in [1.29, 1.82) is 0 Å². The first kappa shape index (κ1) is 30.7. The van der Waals surface area contributed by atoms with E-state index in [9.17, 15) is 14.7 Å². The summed E-state index contributed by atoms with van der Waals surface area (Å²) in [5, 5.41) is 13.8. The second kappa shape index (κ2) is 12.5. The Morgan fingerprint density at radius 2 is 1.64 bits per heavy atom. The Bertz CT molecular complexity index is 1330. The zero-order valence-corrected chi connectivity index (χ0v) is 25.9. The highest BCUT2D eigenvalue weighted by atomic mass is 35.5. The van der Waals surface area contributed by atoms with Crippen LogP contribution in [0.1, 0.15) is 69.3 Å². The lowest BCUT2D eigenvalue weighted by Crippen LogP contribution is -2.52. The molecule has 2 aliphatic carbocycles. The second-order valence-corrected chi connectivity index (χ2v) is 13.6. The Kier molecular flexibility index (Phi) is 9.10. The summed E-state index contributed by atoms with van der Waals surface area (Å²) in [4.78, 5) is 28.6. The smallest absolute Gasteiger partial charge is 0.292 e. The Morgan fingerprint density at radius 1 is 1.05 bits per heavy atom. The summed E-state index contributed by atoms with van der Waals surface area (Å²) in [6, 6.07) is 14.8. The largest absolute Gasteiger partial charge is 0.386 e. The minimum absolute atomic E-state index is 0.0723. The van der Waals surface area contributed by atoms with Crippen LogP contribution in [0.3, 0.4) is 0 Å². The van der Waals surface area contributed by atoms with E-state index in [0.29, 0.717) is 17.7 Å². The van der Waals surface area contributed by atoms with Gasteiger partial charge in [-0.25, -0.2) is 0 Å². The number of nitrogens with one attached hydrogen (secondary N) is 1. The molecule has 0 radical (unpaired) electrons. The first-order chi connectivity index (χ1) is 19.9. The number of halogens is 1. The minimum atomic E-state index is -1.02. The summed E-state index contributed by atoms with van der Waals surface area (Å²) >= 11 is 6.71. The third-order valence-electron chi connectivity index (χ3n) is 8.57. The van der Waals surface area contributed by atoms with Gasteiger partial charge in [-0.3, -0.25) is 9.59 Å². The lowest BCUT2D eigenvalue weighted by atomic mass is 9.86. The first-order valence-electron chi connectivity index (χ1n) is 15.1. The Balaban J connectivity index is 1.27. The molecule has 5 rings (SSSR count). The highest BCUT2D eigenvalue weighted by Gasteiger charge is 2.40. The fourth-order valence-electron chi connectivity index (χ4n) is 5.63. The number of rotatable bonds is 10. The van der Waals surface area contributed by atoms with E-state index in [0.717, 1.165) is 49.9 Å². The summed E-state index contributed by atoms with van der Waals surface area (Å²) in [6.45, 7) is 10.7. The molecule has 42 heavy (non-hydrogen) atoms. The molecule has 2 aromatic rings. The van der Waals surface area contributed by atoms with Crippen LogP contribution in [0, 0.1) is 0 Å². The molecule has 4 atom stereocenters. The quantitative estimate of drug-likeness (QED) is 0.207. The molecule has 2 N–H and O–H groups in total. The Morgan fingerprint density at radius 3 is 2.19 bits per heavy atom. The standard InChI is InChI=1S/C35H43ClN2O4/c1-34(2,3)27-13-11-24(12-14-27)23-7-9-25(10-8-23)32(40)33(41)37-29(22-38-19-5-6-20-38)31(39)26-17-18-35(4,30(36)21-26)42-28-15-16-28/h7-14,17-18,21,28-31,39H,5-6,15-16,19-20,22H2,1-4H3,(H,37,41)/t29-,30?,31-,35?/m1/s1. The van der Waals surface area contributed by atoms with Gasteiger partial charge in [-0.1, -0.05) is 87.5 Å². The molecule has 0 spiro atoms. The van der Waals surface area contributed by atoms with Gasteiger partial charge in [-0.2, -0.15) is 0 Å². The number of carbonyl (C=O) groups is 2. The maximum Gasteiger partial charge on any atom is 0.292 e. The summed E-state index contributed by atoms with van der Waals surface area (Å²) in [5.41, 5.74) is 3.62. The normalized spacial score (nSPS) is 24.2. The summed E-state index contributed by atoms with van der Waals surface area (Å²) in [6.07, 6.45) is 8.99. The second-order valence-electron chi connectivity index (χ2n) is 13.2. The van der Waals surface area contributed by atoms with Crippen LogP contribution in [-0.4, -0.2) is 70.6 Å². The van der Waals surface area contributed by atoms with Gasteiger partial charge in [0.1, 0.15) is 11.7 Å². The number of hydrogen-bond donors (Lipinski definition) is 2. The predicted molar refractivity (Wildman–Crippen MR) is 168 cm³/mol. The molecule has 0 aromatic heterocycles. The maximum absolute atomic E-state index is 13.2. The highest BCUT2D eigenvalue weighted by Crippen LogP contribution is 2.37. The molecule has 2 fully saturated rings. The number of nitrogens with zero attached hydrogens (tertiary/aromatic N) is 1. The molecule has 224 valence electrons. The van der Waals surface area contributed by atoms with Crippen LogP contribution in [0.15, 0.2) is 72.3 Å². The summed E-state index contributed by atoms with van der Waals surface area (Å²) in [5.74, 6) is -1.36. The molecule has 0 bridgehead atoms. The van der Waals surface area contributed by atoms with Crippen LogP contribution in [0.4, 0.5) is 0 Å². The van der Waals surface area contributed by atoms with Crippen LogP contribution in [0.5, 0.6) is 0 Å². The topological polar surface area (TPSA) is 78.9 Å². The van der Waals surface area contributed by atoms with Crippen molar-refractivity contribution in [3.05, 3.63) is 83.5 Å². The summed E-state index contributed by atoms with van der Waals surface area (Å²) in [7, 11) is 0. The zero-order valence-electron chi connectivity index (χ0n) is 25.1. The SMILES string of the molecule is CC(C)(C)c1ccc(-c2ccc(C(=O)C(=O)N[C@H](CN3CCCC3)[C@H](O)C3=CC(Cl)C(C)(OC4CC4)C=C3)cc2)cc1. The fourth-order valence-corrected chi connectivity index (χ4v) is 5.90. The average molecular weight is 591 g/mol. The molecular formula is C35H43ClN2O4. The van der Waals surface area contributed by atoms with Crippen LogP contribution in [0.2, 0.25) is 0 Å². The van der Waals surface area contributed by atoms with E-state index in [-0.39, 0.29) is 11.5 Å². The number of ether oxygens (including phenoxy) is 1. The zero-order chi connectivity index (χ0) is 30.1. The van der Waals surface area contributed by atoms with Crippen LogP contribution in [-0.2, 0) is 14.9 Å². The molecule has 3 aliphatic rings. The molecular weight excluding hydrogens is 548 g/mol. The third-order valence-corrected chi connectivity index (χ3v) is 9.13. The number of amides is 1. The highest BCUT2D eigenvalue weighted by molar-refractivity contribution is 6.42. The molecule has 2 aromatic carbocycles. The van der Waals surface area contributed by atoms with Crippen LogP contribution in [0.25, 0.3) is 11.1 Å². The number of carbonyl (C=O) groups excluding carboxylic acids is 2. The number of aliphatic hydroxyl groups excluding tert-OH is 1. The monoisotopic (exact) mass is 590 g/mol. The van der Waals surface area contributed by atoms with Crippen molar-refractivity contribution in [3.63, 3.8) is 0 Å². The lowest BCUT2D eigenvalue weighted by molar-refractivity contribution is -0.118. The molecule has 2 unspecified atom stereocenters. The average Bonchev–Trinajstić information content (AvgIpc) is 3.62. The number of ketones is 1. The Labute approximate surface area is 254 Å². The summed E-state index contributed by atoms with van der Waals surface area (Å²) < 4.78 is 6.13. The number of benzene rings is 2. The van der Waals surface area contributed by atoms with Crippen molar-refractivity contribution in [3.8, 4) is 11.1 Å². The number of likely N-dealkylation sites (tertiary alicyclic amines) is 1. The minimum Gasteiger partial charge on any atom is -0.386 e. The molecule has 1 saturated heterocycles. The van der Waals surface area contributed by atoms with Crippen molar-refractivity contribution < 1.29 is 19.4 Å². The van der Waals surface area contributed by atoms with E-state index in [4.69, 9.17) is 16.3 Å². The van der Waals surface area contributed by atoms with Crippen LogP contribution >= 0.6 is 11.6 Å². The molecule has 1 heterocycles. The van der Waals surface area contributed by atoms with Crippen LogP contribution < -0.4 is 5.32 Å². The number of hydrogen-bond acceptors (Lipinski definition) is 5. The number of alkyl halides is 1. The van der Waals surface area contributed by atoms with E-state index in [1.165, 1.54) is 5.56 Å². The van der Waals surface area contributed by atoms with Crippen molar-refractivity contribution in [2.24, 2.45) is 0 Å². The van der Waals surface area contributed by atoms with Gasteiger partial charge in [0.05, 0.1) is 17.5 Å². The fraction of sp³-hybridized carbons (Fsp3) is 0.486.